The van der Waals surface area contributed by atoms with Crippen molar-refractivity contribution in [1.29, 1.82) is 0 Å². The highest BCUT2D eigenvalue weighted by atomic mass is 14.9. The third-order valence-corrected chi connectivity index (χ3v) is 6.29. The van der Waals surface area contributed by atoms with E-state index < -0.39 is 0 Å². The second-order valence-corrected chi connectivity index (χ2v) is 12.4. The van der Waals surface area contributed by atoms with Crippen molar-refractivity contribution in [3.8, 4) is 0 Å². The first-order chi connectivity index (χ1) is 15.6. The van der Waals surface area contributed by atoms with Crippen molar-refractivity contribution >= 4 is 10.9 Å². The number of aromatic nitrogens is 1. The number of nitrogens with two attached hydrogens (primary N) is 2. The van der Waals surface area contributed by atoms with E-state index in [1.165, 1.54) is 33.3 Å². The number of hydrogen-bond acceptors (Lipinski definition) is 3. The van der Waals surface area contributed by atoms with Crippen LogP contribution in [0.25, 0.3) is 10.9 Å². The van der Waals surface area contributed by atoms with Crippen molar-refractivity contribution in [2.24, 2.45) is 11.5 Å². The van der Waals surface area contributed by atoms with Gasteiger partial charge in [-0.25, -0.2) is 0 Å². The smallest absolute Gasteiger partial charge is 0.0497 e. The van der Waals surface area contributed by atoms with Crippen molar-refractivity contribution in [3.05, 3.63) is 60.0 Å². The summed E-state index contributed by atoms with van der Waals surface area (Å²) in [5.74, 6) is 0. The number of hydrogen-bond donors (Lipinski definition) is 4. The molecule has 1 unspecified atom stereocenters. The molecule has 0 spiro atoms. The lowest BCUT2D eigenvalue weighted by Crippen LogP contribution is -2.34. The summed E-state index contributed by atoms with van der Waals surface area (Å²) in [6, 6.07) is 4.63. The van der Waals surface area contributed by atoms with Crippen LogP contribution in [0, 0.1) is 0 Å². The van der Waals surface area contributed by atoms with E-state index in [-0.39, 0.29) is 22.3 Å². The Morgan fingerprint density at radius 2 is 1.53 bits per heavy atom. The minimum atomic E-state index is -0.149. The number of aromatic amines is 1. The highest BCUT2D eigenvalue weighted by Crippen LogP contribution is 2.40. The normalized spacial score (nSPS) is 13.4. The van der Waals surface area contributed by atoms with Gasteiger partial charge in [-0.05, 0) is 59.4 Å². The first-order valence-electron chi connectivity index (χ1n) is 12.7. The predicted octanol–water partition coefficient (Wildman–Crippen LogP) is 6.57. The second kappa shape index (κ2) is 11.6. The Morgan fingerprint density at radius 1 is 0.941 bits per heavy atom. The Balaban J connectivity index is 0.00000281. The number of fused-ring (bicyclic) bond motifs is 1. The standard InChI is InChI=1S/C28H48N4.C2H4/c1-18(31-14-12-11-13-29)23(30)17-21-20-15-19(26(2,3)4)16-22(27(5,6)7)24(20)32-25(21)28(8,9)10;1-2/h15-16,23,31-32H,1,11-14,17,29-30H2,2-10H3;1-2H2. The summed E-state index contributed by atoms with van der Waals surface area (Å²) < 4.78 is 0. The van der Waals surface area contributed by atoms with Crippen LogP contribution in [0.2, 0.25) is 0 Å². The predicted molar refractivity (Wildman–Crippen MR) is 153 cm³/mol. The van der Waals surface area contributed by atoms with Gasteiger partial charge in [-0.15, -0.1) is 13.2 Å². The maximum Gasteiger partial charge on any atom is 0.0497 e. The Labute approximate surface area is 209 Å². The van der Waals surface area contributed by atoms with Crippen LogP contribution in [0.5, 0.6) is 0 Å². The molecule has 0 fully saturated rings. The van der Waals surface area contributed by atoms with E-state index in [1.54, 1.807) is 0 Å². The van der Waals surface area contributed by atoms with Crippen LogP contribution in [0.3, 0.4) is 0 Å². The van der Waals surface area contributed by atoms with Crippen LogP contribution >= 0.6 is 0 Å². The third kappa shape index (κ3) is 7.48. The molecule has 1 aromatic heterocycles. The van der Waals surface area contributed by atoms with Gasteiger partial charge in [-0.1, -0.05) is 75.0 Å². The maximum atomic E-state index is 6.67. The van der Waals surface area contributed by atoms with Gasteiger partial charge in [0.05, 0.1) is 0 Å². The molecule has 0 amide bonds. The molecule has 2 aromatic rings. The maximum absolute atomic E-state index is 6.67. The molecule has 4 heteroatoms. The fourth-order valence-corrected chi connectivity index (χ4v) is 4.22. The molecule has 192 valence electrons. The zero-order chi connectivity index (χ0) is 26.5. The molecule has 2 rings (SSSR count). The summed E-state index contributed by atoms with van der Waals surface area (Å²) in [7, 11) is 0. The molecule has 6 N–H and O–H groups in total. The summed E-state index contributed by atoms with van der Waals surface area (Å²) in [5.41, 5.74) is 19.9. The van der Waals surface area contributed by atoms with Crippen molar-refractivity contribution in [1.82, 2.24) is 10.3 Å². The van der Waals surface area contributed by atoms with Gasteiger partial charge in [0.1, 0.15) is 0 Å². The zero-order valence-electron chi connectivity index (χ0n) is 23.5. The van der Waals surface area contributed by atoms with Gasteiger partial charge < -0.3 is 21.8 Å². The third-order valence-electron chi connectivity index (χ3n) is 6.29. The van der Waals surface area contributed by atoms with Crippen molar-refractivity contribution in [3.63, 3.8) is 0 Å². The topological polar surface area (TPSA) is 79.9 Å². The van der Waals surface area contributed by atoms with Gasteiger partial charge in [0.2, 0.25) is 0 Å². The van der Waals surface area contributed by atoms with E-state index >= 15 is 0 Å². The highest BCUT2D eigenvalue weighted by Gasteiger charge is 2.29. The second-order valence-electron chi connectivity index (χ2n) is 12.4. The first-order valence-corrected chi connectivity index (χ1v) is 12.7. The lowest BCUT2D eigenvalue weighted by molar-refractivity contribution is 0.558. The summed E-state index contributed by atoms with van der Waals surface area (Å²) in [5, 5.41) is 4.73. The molecule has 0 bridgehead atoms. The molecule has 0 aliphatic carbocycles. The summed E-state index contributed by atoms with van der Waals surface area (Å²) in [6.07, 6.45) is 2.80. The largest absolute Gasteiger partial charge is 0.388 e. The number of H-pyrrole nitrogens is 1. The number of rotatable bonds is 8. The summed E-state index contributed by atoms with van der Waals surface area (Å²) in [6.45, 7) is 32.4. The Kier molecular flexibility index (Phi) is 10.2. The number of nitrogens with one attached hydrogen (secondary N) is 2. The minimum absolute atomic E-state index is 0.0129. The highest BCUT2D eigenvalue weighted by molar-refractivity contribution is 5.89. The van der Waals surface area contributed by atoms with Crippen LogP contribution in [0.1, 0.15) is 97.5 Å². The van der Waals surface area contributed by atoms with Crippen LogP contribution < -0.4 is 16.8 Å². The monoisotopic (exact) mass is 468 g/mol. The summed E-state index contributed by atoms with van der Waals surface area (Å²) in [4.78, 5) is 3.84. The van der Waals surface area contributed by atoms with E-state index in [0.29, 0.717) is 0 Å². The fourth-order valence-electron chi connectivity index (χ4n) is 4.22. The van der Waals surface area contributed by atoms with Gasteiger partial charge in [-0.3, -0.25) is 0 Å². The summed E-state index contributed by atoms with van der Waals surface area (Å²) >= 11 is 0. The van der Waals surface area contributed by atoms with Crippen LogP contribution in [0.15, 0.2) is 37.6 Å². The lowest BCUT2D eigenvalue weighted by Gasteiger charge is -2.26. The molecule has 0 saturated carbocycles. The van der Waals surface area contributed by atoms with Gasteiger partial charge in [0.25, 0.3) is 0 Å². The minimum Gasteiger partial charge on any atom is -0.388 e. The van der Waals surface area contributed by atoms with E-state index in [9.17, 15) is 0 Å². The number of unbranched alkanes of at least 4 members (excludes halogenated alkanes) is 1. The molecular weight excluding hydrogens is 416 g/mol. The zero-order valence-corrected chi connectivity index (χ0v) is 23.5. The molecule has 34 heavy (non-hydrogen) atoms. The number of benzene rings is 1. The first kappa shape index (κ1) is 30.0. The average molecular weight is 469 g/mol. The SMILES string of the molecule is C=C.C=C(NCCCCN)C(N)Cc1c(C(C)(C)C)[nH]c2c(C(C)(C)C)cc(C(C)(C)C)cc12. The van der Waals surface area contributed by atoms with Gasteiger partial charge in [-0.2, -0.15) is 0 Å². The molecule has 0 radical (unpaired) electrons. The van der Waals surface area contributed by atoms with Crippen molar-refractivity contribution in [2.75, 3.05) is 13.1 Å². The Hall–Kier alpha value is -2.04. The van der Waals surface area contributed by atoms with Gasteiger partial charge in [0.15, 0.2) is 0 Å². The van der Waals surface area contributed by atoms with Crippen LogP contribution in [-0.2, 0) is 22.7 Å². The van der Waals surface area contributed by atoms with Crippen molar-refractivity contribution in [2.45, 2.75) is 104 Å². The fraction of sp³-hybridized carbons (Fsp3) is 0.600. The molecule has 0 aliphatic heterocycles. The average Bonchev–Trinajstić information content (AvgIpc) is 3.09. The molecule has 1 atom stereocenters. The molecule has 0 aliphatic rings. The molecule has 4 nitrogen and oxygen atoms in total. The van der Waals surface area contributed by atoms with Crippen molar-refractivity contribution < 1.29 is 0 Å². The molecule has 1 aromatic carbocycles. The van der Waals surface area contributed by atoms with E-state index in [0.717, 1.165) is 38.0 Å². The quantitative estimate of drug-likeness (QED) is 0.261. The van der Waals surface area contributed by atoms with Crippen LogP contribution in [0.4, 0.5) is 0 Å². The van der Waals surface area contributed by atoms with Gasteiger partial charge in [0, 0.05) is 40.3 Å². The van der Waals surface area contributed by atoms with E-state index in [1.807, 2.05) is 0 Å². The van der Waals surface area contributed by atoms with Gasteiger partial charge >= 0.3 is 0 Å². The molecule has 0 saturated heterocycles. The van der Waals surface area contributed by atoms with E-state index in [2.05, 4.69) is 104 Å². The Morgan fingerprint density at radius 3 is 2.00 bits per heavy atom. The lowest BCUT2D eigenvalue weighted by atomic mass is 9.78. The van der Waals surface area contributed by atoms with E-state index in [4.69, 9.17) is 11.5 Å². The molecule has 1 heterocycles. The van der Waals surface area contributed by atoms with Crippen LogP contribution in [-0.4, -0.2) is 24.1 Å². The Bertz CT molecular complexity index is 945. The molecular formula is C30H52N4.